The zero-order valence-electron chi connectivity index (χ0n) is 24.6. The molecule has 0 aliphatic rings. The molecule has 0 spiro atoms. The van der Waals surface area contributed by atoms with Crippen LogP contribution in [0.15, 0.2) is 18.2 Å². The number of unbranched alkanes of at least 4 members (excludes halogenated alkanes) is 1. The van der Waals surface area contributed by atoms with Crippen LogP contribution in [0.1, 0.15) is 78.2 Å². The lowest BCUT2D eigenvalue weighted by Crippen LogP contribution is -2.41. The van der Waals surface area contributed by atoms with Gasteiger partial charge in [-0.25, -0.2) is 0 Å². The Hall–Kier alpha value is -2.36. The highest BCUT2D eigenvalue weighted by Gasteiger charge is 2.26. The molecule has 9 heteroatoms. The summed E-state index contributed by atoms with van der Waals surface area (Å²) in [5.41, 5.74) is 7.51. The molecule has 4 atom stereocenters. The van der Waals surface area contributed by atoms with Gasteiger partial charge in [-0.1, -0.05) is 40.2 Å². The van der Waals surface area contributed by atoms with Crippen LogP contribution >= 0.6 is 0 Å². The molecule has 0 saturated carbocycles. The average molecular weight is 553 g/mol. The van der Waals surface area contributed by atoms with Crippen molar-refractivity contribution in [1.82, 2.24) is 5.32 Å². The Morgan fingerprint density at radius 3 is 2.33 bits per heavy atom. The minimum atomic E-state index is -0.849. The molecule has 0 unspecified atom stereocenters. The number of carboxylic acids is 1. The minimum Gasteiger partial charge on any atom is -0.490 e. The van der Waals surface area contributed by atoms with E-state index in [0.717, 1.165) is 31.2 Å². The third kappa shape index (κ3) is 14.6. The Bertz CT molecular complexity index is 834. The van der Waals surface area contributed by atoms with Crippen LogP contribution in [-0.2, 0) is 20.7 Å². The fourth-order valence-electron chi connectivity index (χ4n) is 4.31. The number of nitrogens with two attached hydrogens (primary N) is 1. The van der Waals surface area contributed by atoms with Gasteiger partial charge in [0.2, 0.25) is 5.91 Å². The lowest BCUT2D eigenvalue weighted by Gasteiger charge is -2.28. The van der Waals surface area contributed by atoms with Crippen LogP contribution in [0.2, 0.25) is 0 Å². The number of ether oxygens (including phenoxy) is 3. The molecule has 0 aliphatic carbocycles. The number of aliphatic hydroxyl groups excluding tert-OH is 1. The van der Waals surface area contributed by atoms with Crippen molar-refractivity contribution in [3.8, 4) is 11.5 Å². The number of hydrogen-bond acceptors (Lipinski definition) is 7. The van der Waals surface area contributed by atoms with E-state index in [1.165, 1.54) is 0 Å². The van der Waals surface area contributed by atoms with Gasteiger partial charge in [0.1, 0.15) is 0 Å². The van der Waals surface area contributed by atoms with Crippen molar-refractivity contribution in [1.29, 1.82) is 0 Å². The Morgan fingerprint density at radius 2 is 1.69 bits per heavy atom. The van der Waals surface area contributed by atoms with Gasteiger partial charge in [-0.15, -0.1) is 0 Å². The van der Waals surface area contributed by atoms with E-state index in [2.05, 4.69) is 26.1 Å². The summed E-state index contributed by atoms with van der Waals surface area (Å²) in [6, 6.07) is 5.39. The number of rotatable bonds is 22. The van der Waals surface area contributed by atoms with Gasteiger partial charge in [0.25, 0.3) is 0 Å². The van der Waals surface area contributed by atoms with Crippen molar-refractivity contribution in [2.75, 3.05) is 33.5 Å². The largest absolute Gasteiger partial charge is 0.490 e. The molecule has 0 heterocycles. The Balaban J connectivity index is 2.83. The van der Waals surface area contributed by atoms with E-state index in [-0.39, 0.29) is 30.8 Å². The number of carbonyl (C=O) groups is 2. The monoisotopic (exact) mass is 552 g/mol. The fourth-order valence-corrected chi connectivity index (χ4v) is 4.31. The van der Waals surface area contributed by atoms with E-state index in [9.17, 15) is 14.7 Å². The first-order chi connectivity index (χ1) is 18.6. The Morgan fingerprint density at radius 1 is 1.00 bits per heavy atom. The van der Waals surface area contributed by atoms with Gasteiger partial charge in [0, 0.05) is 45.1 Å². The Kier molecular flexibility index (Phi) is 17.5. The van der Waals surface area contributed by atoms with Crippen LogP contribution in [0.5, 0.6) is 11.5 Å². The second-order valence-electron chi connectivity index (χ2n) is 10.8. The van der Waals surface area contributed by atoms with Crippen molar-refractivity contribution >= 4 is 11.9 Å². The lowest BCUT2D eigenvalue weighted by molar-refractivity contribution is -0.137. The van der Waals surface area contributed by atoms with Crippen molar-refractivity contribution in [3.63, 3.8) is 0 Å². The van der Waals surface area contributed by atoms with Gasteiger partial charge < -0.3 is 35.5 Å². The van der Waals surface area contributed by atoms with Gasteiger partial charge in [0.05, 0.1) is 19.3 Å². The zero-order chi connectivity index (χ0) is 29.2. The topological polar surface area (TPSA) is 140 Å². The second-order valence-corrected chi connectivity index (χ2v) is 10.8. The van der Waals surface area contributed by atoms with Crippen molar-refractivity contribution < 1.29 is 34.0 Å². The van der Waals surface area contributed by atoms with Gasteiger partial charge in [-0.2, -0.15) is 0 Å². The average Bonchev–Trinajstić information content (AvgIpc) is 2.89. The standard InChI is InChI=1S/C30H52N2O7/c1-6-7-13-32-30(36)22(4)17-26(33)25(31)20-24(21(2)3)18-23-11-12-27(38-15-8-10-29(34)35)28(19-23)39-16-9-14-37-5/h11-12,19,21-22,24-26,33H,6-10,13-18,20,31H2,1-5H3,(H,32,36)(H,34,35)/t22-,24+,25+,26+/m1/s1. The third-order valence-electron chi connectivity index (χ3n) is 6.93. The normalized spacial score (nSPS) is 14.5. The van der Waals surface area contributed by atoms with E-state index in [0.29, 0.717) is 56.4 Å². The molecule has 0 radical (unpaired) electrons. The molecule has 224 valence electrons. The summed E-state index contributed by atoms with van der Waals surface area (Å²) in [5, 5.41) is 22.6. The van der Waals surface area contributed by atoms with Crippen LogP contribution in [0, 0.1) is 17.8 Å². The zero-order valence-corrected chi connectivity index (χ0v) is 24.6. The number of amides is 1. The summed E-state index contributed by atoms with van der Waals surface area (Å²) in [7, 11) is 1.65. The first-order valence-electron chi connectivity index (χ1n) is 14.4. The lowest BCUT2D eigenvalue weighted by atomic mass is 9.82. The van der Waals surface area contributed by atoms with E-state index in [1.54, 1.807) is 7.11 Å². The summed E-state index contributed by atoms with van der Waals surface area (Å²) < 4.78 is 16.9. The van der Waals surface area contributed by atoms with Gasteiger partial charge >= 0.3 is 5.97 Å². The Labute approximate surface area is 234 Å². The predicted molar refractivity (Wildman–Crippen MR) is 153 cm³/mol. The number of carbonyl (C=O) groups excluding carboxylic acids is 1. The molecule has 1 rings (SSSR count). The maximum absolute atomic E-state index is 12.3. The molecule has 1 aromatic carbocycles. The van der Waals surface area contributed by atoms with Gasteiger partial charge in [-0.05, 0) is 61.6 Å². The SMILES string of the molecule is CCCCNC(=O)[C@H](C)C[C@H](O)[C@@H](N)C[C@H](Cc1ccc(OCCCC(=O)O)c(OCCCOC)c1)C(C)C. The highest BCUT2D eigenvalue weighted by atomic mass is 16.5. The summed E-state index contributed by atoms with van der Waals surface area (Å²) in [6.45, 7) is 10.2. The van der Waals surface area contributed by atoms with Crippen LogP contribution in [0.25, 0.3) is 0 Å². The molecule has 1 aromatic rings. The molecule has 0 saturated heterocycles. The van der Waals surface area contributed by atoms with Crippen molar-refractivity contribution in [3.05, 3.63) is 23.8 Å². The van der Waals surface area contributed by atoms with Crippen molar-refractivity contribution in [2.45, 2.75) is 91.2 Å². The summed E-state index contributed by atoms with van der Waals surface area (Å²) in [4.78, 5) is 23.1. The molecule has 0 aliphatic heterocycles. The summed E-state index contributed by atoms with van der Waals surface area (Å²) >= 11 is 0. The smallest absolute Gasteiger partial charge is 0.303 e. The van der Waals surface area contributed by atoms with Crippen LogP contribution in [0.4, 0.5) is 0 Å². The highest BCUT2D eigenvalue weighted by molar-refractivity contribution is 5.78. The molecule has 1 amide bonds. The van der Waals surface area contributed by atoms with Crippen LogP contribution < -0.4 is 20.5 Å². The molecule has 0 aromatic heterocycles. The molecule has 39 heavy (non-hydrogen) atoms. The minimum absolute atomic E-state index is 0.0431. The number of methoxy groups -OCH3 is 1. The molecule has 5 N–H and O–H groups in total. The number of aliphatic carboxylic acids is 1. The van der Waals surface area contributed by atoms with Crippen LogP contribution in [-0.4, -0.2) is 67.7 Å². The number of nitrogens with one attached hydrogen (secondary N) is 1. The number of benzene rings is 1. The number of carboxylic acid groups (broad SMARTS) is 1. The fraction of sp³-hybridized carbons (Fsp3) is 0.733. The molecule has 9 nitrogen and oxygen atoms in total. The maximum atomic E-state index is 12.3. The van der Waals surface area contributed by atoms with Crippen LogP contribution in [0.3, 0.4) is 0 Å². The van der Waals surface area contributed by atoms with Gasteiger partial charge in [-0.3, -0.25) is 9.59 Å². The first-order valence-corrected chi connectivity index (χ1v) is 14.4. The number of hydrogen-bond donors (Lipinski definition) is 4. The van der Waals surface area contributed by atoms with Gasteiger partial charge in [0.15, 0.2) is 11.5 Å². The summed E-state index contributed by atoms with van der Waals surface area (Å²) in [6.07, 6.45) is 4.09. The highest BCUT2D eigenvalue weighted by Crippen LogP contribution is 2.32. The number of aliphatic hydroxyl groups is 1. The molecular weight excluding hydrogens is 500 g/mol. The first kappa shape index (κ1) is 34.7. The molecule has 0 bridgehead atoms. The van der Waals surface area contributed by atoms with E-state index >= 15 is 0 Å². The van der Waals surface area contributed by atoms with E-state index in [4.69, 9.17) is 25.1 Å². The quantitative estimate of drug-likeness (QED) is 0.157. The maximum Gasteiger partial charge on any atom is 0.303 e. The molecular formula is C30H52N2O7. The summed E-state index contributed by atoms with van der Waals surface area (Å²) in [5.74, 6) is 0.551. The van der Waals surface area contributed by atoms with E-state index in [1.807, 2.05) is 25.1 Å². The molecule has 0 fully saturated rings. The van der Waals surface area contributed by atoms with Crippen molar-refractivity contribution in [2.24, 2.45) is 23.5 Å². The van der Waals surface area contributed by atoms with E-state index < -0.39 is 18.1 Å². The second kappa shape index (κ2) is 19.7. The predicted octanol–water partition coefficient (Wildman–Crippen LogP) is 4.18. The third-order valence-corrected chi connectivity index (χ3v) is 6.93.